The Balaban J connectivity index is 1.10. The first kappa shape index (κ1) is 38.6. The molecule has 0 unspecified atom stereocenters. The van der Waals surface area contributed by atoms with Crippen LogP contribution in [0.3, 0.4) is 0 Å². The highest BCUT2D eigenvalue weighted by Gasteiger charge is 2.50. The third-order valence-electron chi connectivity index (χ3n) is 13.7. The number of anilines is 6. The van der Waals surface area contributed by atoms with Gasteiger partial charge < -0.3 is 18.6 Å². The number of hydrogen-bond acceptors (Lipinski definition) is 6. The second kappa shape index (κ2) is 13.9. The smallest absolute Gasteiger partial charge is 0.342 e. The first-order valence-corrected chi connectivity index (χ1v) is 24.3. The van der Waals surface area contributed by atoms with Crippen LogP contribution in [-0.4, -0.2) is 6.71 Å². The van der Waals surface area contributed by atoms with Crippen LogP contribution in [0, 0.1) is 0 Å². The molecule has 11 aromatic rings. The minimum Gasteiger partial charge on any atom is -0.468 e. The molecule has 314 valence electrons. The van der Waals surface area contributed by atoms with Gasteiger partial charge in [-0.3, -0.25) is 0 Å². The van der Waals surface area contributed by atoms with Crippen LogP contribution in [0.2, 0.25) is 0 Å². The monoisotopic (exact) mass is 876 g/mol. The van der Waals surface area contributed by atoms with E-state index in [9.17, 15) is 0 Å². The van der Waals surface area contributed by atoms with Crippen molar-refractivity contribution in [3.05, 3.63) is 174 Å². The molecule has 0 fully saturated rings. The van der Waals surface area contributed by atoms with E-state index in [-0.39, 0.29) is 17.5 Å². The van der Waals surface area contributed by atoms with Crippen molar-refractivity contribution < 1.29 is 8.83 Å². The van der Waals surface area contributed by atoms with Crippen LogP contribution in [0.15, 0.2) is 171 Å². The van der Waals surface area contributed by atoms with Crippen LogP contribution in [-0.2, 0) is 10.8 Å². The van der Waals surface area contributed by atoms with Gasteiger partial charge in [0.05, 0.1) is 11.4 Å². The van der Waals surface area contributed by atoms with E-state index in [2.05, 4.69) is 214 Å². The molecule has 0 spiro atoms. The minimum absolute atomic E-state index is 0.0608. The van der Waals surface area contributed by atoms with E-state index in [0.29, 0.717) is 0 Å². The summed E-state index contributed by atoms with van der Waals surface area (Å²) in [5.41, 5.74) is 18.5. The lowest BCUT2D eigenvalue weighted by atomic mass is 9.37. The maximum absolute atomic E-state index is 7.28. The molecule has 0 saturated heterocycles. The molecule has 0 N–H and O–H groups in total. The van der Waals surface area contributed by atoms with E-state index in [1.54, 1.807) is 22.7 Å². The van der Waals surface area contributed by atoms with Crippen molar-refractivity contribution in [2.45, 2.75) is 52.4 Å². The van der Waals surface area contributed by atoms with Crippen molar-refractivity contribution in [2.24, 2.45) is 0 Å². The standard InChI is InChI=1S/C58H45BN2O2S2/c1-57(2,3)36-24-26-48-42(30-36)53-55(62-48)59-52-46(60(53)38-16-11-14-34(28-38)44-32-64-50-22-9-7-18-40(44)50)20-13-21-47(52)61(54-43-31-37(58(4,5)6)25-27-49(43)63-56(54)59)39-17-12-15-35(29-39)45-33-65-51-23-10-8-19-41(45)51/h7-33H,1-6H3. The Kier molecular flexibility index (Phi) is 8.24. The lowest BCUT2D eigenvalue weighted by Crippen LogP contribution is -2.60. The highest BCUT2D eigenvalue weighted by molar-refractivity contribution is 7.18. The van der Waals surface area contributed by atoms with E-state index in [0.717, 1.165) is 72.8 Å². The number of benzene rings is 7. The average molecular weight is 877 g/mol. The number of thiophene rings is 2. The molecule has 7 heteroatoms. The molecule has 0 bridgehead atoms. The molecule has 2 aliphatic heterocycles. The highest BCUT2D eigenvalue weighted by atomic mass is 32.1. The predicted octanol–water partition coefficient (Wildman–Crippen LogP) is 15.6. The maximum atomic E-state index is 7.28. The topological polar surface area (TPSA) is 32.8 Å². The van der Waals surface area contributed by atoms with E-state index < -0.39 is 0 Å². The molecule has 13 rings (SSSR count). The normalized spacial score (nSPS) is 13.6. The molecule has 2 aliphatic rings. The number of hydrogen-bond donors (Lipinski definition) is 0. The van der Waals surface area contributed by atoms with Crippen molar-refractivity contribution in [2.75, 3.05) is 9.80 Å². The molecular weight excluding hydrogens is 832 g/mol. The largest absolute Gasteiger partial charge is 0.468 e. The van der Waals surface area contributed by atoms with Crippen molar-refractivity contribution in [3.8, 4) is 22.3 Å². The fraction of sp³-hybridized carbons (Fsp3) is 0.138. The van der Waals surface area contributed by atoms with E-state index >= 15 is 0 Å². The van der Waals surface area contributed by atoms with E-state index in [1.165, 1.54) is 53.6 Å². The van der Waals surface area contributed by atoms with Crippen LogP contribution < -0.4 is 26.6 Å². The second-order valence-electron chi connectivity index (χ2n) is 19.8. The molecule has 4 aromatic heterocycles. The van der Waals surface area contributed by atoms with Gasteiger partial charge in [-0.05, 0) is 122 Å². The predicted molar refractivity (Wildman–Crippen MR) is 279 cm³/mol. The van der Waals surface area contributed by atoms with Crippen molar-refractivity contribution in [1.82, 2.24) is 0 Å². The van der Waals surface area contributed by atoms with Gasteiger partial charge in [-0.15, -0.1) is 22.7 Å². The number of furan rings is 2. The number of rotatable bonds is 4. The summed E-state index contributed by atoms with van der Waals surface area (Å²) >= 11 is 3.60. The molecule has 7 aromatic carbocycles. The van der Waals surface area contributed by atoms with Crippen molar-refractivity contribution in [1.29, 1.82) is 0 Å². The highest BCUT2D eigenvalue weighted by Crippen LogP contribution is 2.50. The molecular formula is C58H45BN2O2S2. The lowest BCUT2D eigenvalue weighted by molar-refractivity contribution is 0.590. The van der Waals surface area contributed by atoms with Gasteiger partial charge in [-0.1, -0.05) is 120 Å². The molecule has 6 heterocycles. The molecule has 0 amide bonds. The maximum Gasteiger partial charge on any atom is 0.342 e. The third-order valence-corrected chi connectivity index (χ3v) is 15.6. The van der Waals surface area contributed by atoms with Crippen LogP contribution >= 0.6 is 22.7 Å². The van der Waals surface area contributed by atoms with Gasteiger partial charge in [0.1, 0.15) is 22.5 Å². The summed E-state index contributed by atoms with van der Waals surface area (Å²) in [6.45, 7) is 13.4. The van der Waals surface area contributed by atoms with Crippen LogP contribution in [0.25, 0.3) is 64.4 Å². The Hall–Kier alpha value is -6.80. The zero-order valence-electron chi connectivity index (χ0n) is 37.2. The number of nitrogens with zero attached hydrogens (tertiary/aromatic N) is 2. The summed E-state index contributed by atoms with van der Waals surface area (Å²) in [5.74, 6) is 0. The number of fused-ring (bicyclic) bond motifs is 10. The molecule has 0 radical (unpaired) electrons. The Morgan fingerprint density at radius 2 is 0.892 bits per heavy atom. The summed E-state index contributed by atoms with van der Waals surface area (Å²) in [5, 5.41) is 9.34. The Morgan fingerprint density at radius 3 is 1.35 bits per heavy atom. The molecule has 65 heavy (non-hydrogen) atoms. The quantitative estimate of drug-likeness (QED) is 0.165. The van der Waals surface area contributed by atoms with E-state index in [1.807, 2.05) is 0 Å². The Morgan fingerprint density at radius 1 is 0.446 bits per heavy atom. The van der Waals surface area contributed by atoms with Crippen LogP contribution in [0.5, 0.6) is 0 Å². The molecule has 0 aliphatic carbocycles. The van der Waals surface area contributed by atoms with E-state index in [4.69, 9.17) is 8.83 Å². The van der Waals surface area contributed by atoms with Gasteiger partial charge >= 0.3 is 6.71 Å². The summed E-state index contributed by atoms with van der Waals surface area (Å²) < 4.78 is 17.1. The second-order valence-corrected chi connectivity index (χ2v) is 21.6. The summed E-state index contributed by atoms with van der Waals surface area (Å²) in [4.78, 5) is 4.94. The summed E-state index contributed by atoms with van der Waals surface area (Å²) in [7, 11) is 0. The summed E-state index contributed by atoms with van der Waals surface area (Å²) in [6, 6.07) is 55.9. The first-order chi connectivity index (χ1) is 31.5. The Bertz CT molecular complexity index is 3500. The molecule has 0 atom stereocenters. The van der Waals surface area contributed by atoms with Gasteiger partial charge in [0.15, 0.2) is 0 Å². The first-order valence-electron chi connectivity index (χ1n) is 22.5. The minimum atomic E-state index is -0.303. The molecule has 0 saturated carbocycles. The van der Waals surface area contributed by atoms with Gasteiger partial charge in [0, 0.05) is 64.8 Å². The fourth-order valence-electron chi connectivity index (χ4n) is 10.4. The van der Waals surface area contributed by atoms with Crippen LogP contribution in [0.4, 0.5) is 34.1 Å². The zero-order chi connectivity index (χ0) is 43.9. The van der Waals surface area contributed by atoms with Crippen LogP contribution in [0.1, 0.15) is 52.7 Å². The van der Waals surface area contributed by atoms with Gasteiger partial charge in [-0.25, -0.2) is 0 Å². The summed E-state index contributed by atoms with van der Waals surface area (Å²) in [6.07, 6.45) is 0. The van der Waals surface area contributed by atoms with Gasteiger partial charge in [0.25, 0.3) is 0 Å². The third kappa shape index (κ3) is 5.81. The average Bonchev–Trinajstić information content (AvgIpc) is 4.11. The lowest BCUT2D eigenvalue weighted by Gasteiger charge is -2.40. The van der Waals surface area contributed by atoms with Gasteiger partial charge in [0.2, 0.25) is 0 Å². The Labute approximate surface area is 387 Å². The van der Waals surface area contributed by atoms with Gasteiger partial charge in [-0.2, -0.15) is 0 Å². The zero-order valence-corrected chi connectivity index (χ0v) is 38.8. The van der Waals surface area contributed by atoms with Crippen molar-refractivity contribution in [3.63, 3.8) is 0 Å². The molecule has 4 nitrogen and oxygen atoms in total. The van der Waals surface area contributed by atoms with Crippen molar-refractivity contribution >= 4 is 122 Å². The SMILES string of the molecule is CC(C)(C)c1ccc2oc3c(c2c1)N(c1cccc(-c2csc4ccccc24)c1)c1cccc2c1B3c1oc3ccc(C(C)(C)C)cc3c1N2c1cccc(-c2csc3ccccc23)c1. The fourth-order valence-corrected chi connectivity index (χ4v) is 12.3.